The molecule has 0 radical (unpaired) electrons. The molecule has 0 aliphatic carbocycles. The average Bonchev–Trinajstić information content (AvgIpc) is 2.66. The monoisotopic (exact) mass is 446 g/mol. The van der Waals surface area contributed by atoms with E-state index in [1.807, 2.05) is 43.0 Å². The van der Waals surface area contributed by atoms with Gasteiger partial charge in [0.05, 0.1) is 11.5 Å². The summed E-state index contributed by atoms with van der Waals surface area (Å²) < 4.78 is 0.685. The summed E-state index contributed by atoms with van der Waals surface area (Å²) in [4.78, 5) is 27.5. The van der Waals surface area contributed by atoms with Crippen LogP contribution in [0.1, 0.15) is 11.1 Å². The molecule has 1 N–H and O–H groups in total. The Hall–Kier alpha value is -2.45. The Morgan fingerprint density at radius 3 is 2.57 bits per heavy atom. The van der Waals surface area contributed by atoms with Crippen molar-refractivity contribution in [3.63, 3.8) is 0 Å². The van der Waals surface area contributed by atoms with Crippen LogP contribution in [0.3, 0.4) is 0 Å². The Bertz CT molecular complexity index is 895. The quantitative estimate of drug-likeness (QED) is 0.558. The van der Waals surface area contributed by atoms with Crippen molar-refractivity contribution in [1.29, 1.82) is 0 Å². The summed E-state index contributed by atoms with van der Waals surface area (Å²) in [6.45, 7) is 6.95. The first-order chi connectivity index (χ1) is 13.3. The number of aryl methyl sites for hydroxylation is 1. The largest absolute Gasteiger partial charge is 0.363 e. The van der Waals surface area contributed by atoms with Gasteiger partial charge in [-0.15, -0.1) is 0 Å². The molecule has 3 rings (SSSR count). The second kappa shape index (κ2) is 8.70. The summed E-state index contributed by atoms with van der Waals surface area (Å²) in [5.74, 6) is -0.0447. The van der Waals surface area contributed by atoms with Crippen LogP contribution in [0.5, 0.6) is 0 Å². The first-order valence-corrected chi connectivity index (χ1v) is 9.92. The van der Waals surface area contributed by atoms with E-state index in [2.05, 4.69) is 26.1 Å². The molecule has 0 atom stereocenters. The van der Waals surface area contributed by atoms with E-state index in [4.69, 9.17) is 0 Å². The number of rotatable bonds is 5. The molecule has 8 heteroatoms. The van der Waals surface area contributed by atoms with Gasteiger partial charge in [-0.1, -0.05) is 28.1 Å². The van der Waals surface area contributed by atoms with Gasteiger partial charge in [-0.05, 0) is 43.2 Å². The van der Waals surface area contributed by atoms with Crippen LogP contribution in [0, 0.1) is 24.0 Å². The number of nitrogens with zero attached hydrogens (tertiary/aromatic N) is 3. The van der Waals surface area contributed by atoms with Gasteiger partial charge >= 0.3 is 0 Å². The van der Waals surface area contributed by atoms with Crippen LogP contribution < -0.4 is 10.2 Å². The summed E-state index contributed by atoms with van der Waals surface area (Å²) in [7, 11) is 0. The number of benzene rings is 2. The number of carbonyl (C=O) groups excluding carboxylic acids is 1. The van der Waals surface area contributed by atoms with Gasteiger partial charge in [-0.2, -0.15) is 0 Å². The molecule has 1 aliphatic heterocycles. The van der Waals surface area contributed by atoms with Crippen LogP contribution in [-0.4, -0.2) is 48.5 Å². The summed E-state index contributed by atoms with van der Waals surface area (Å²) in [6.07, 6.45) is 0. The lowest BCUT2D eigenvalue weighted by atomic mass is 10.1. The summed E-state index contributed by atoms with van der Waals surface area (Å²) in [5, 5.41) is 14.3. The molecule has 0 unspecified atom stereocenters. The lowest BCUT2D eigenvalue weighted by Gasteiger charge is -2.35. The van der Waals surface area contributed by atoms with E-state index < -0.39 is 0 Å². The second-order valence-corrected chi connectivity index (χ2v) is 7.86. The highest BCUT2D eigenvalue weighted by molar-refractivity contribution is 9.10. The van der Waals surface area contributed by atoms with E-state index in [0.29, 0.717) is 42.9 Å². The predicted molar refractivity (Wildman–Crippen MR) is 114 cm³/mol. The lowest BCUT2D eigenvalue weighted by molar-refractivity contribution is -0.384. The molecule has 1 amide bonds. The Morgan fingerprint density at radius 2 is 1.89 bits per heavy atom. The van der Waals surface area contributed by atoms with Gasteiger partial charge in [-0.25, -0.2) is 0 Å². The molecular weight excluding hydrogens is 424 g/mol. The Morgan fingerprint density at radius 1 is 1.18 bits per heavy atom. The minimum Gasteiger partial charge on any atom is -0.363 e. The second-order valence-electron chi connectivity index (χ2n) is 6.95. The molecule has 7 nitrogen and oxygen atoms in total. The predicted octanol–water partition coefficient (Wildman–Crippen LogP) is 3.73. The molecule has 2 aromatic carbocycles. The highest BCUT2D eigenvalue weighted by Gasteiger charge is 2.24. The number of piperazine rings is 1. The number of anilines is 2. The highest BCUT2D eigenvalue weighted by Crippen LogP contribution is 2.31. The fourth-order valence-corrected chi connectivity index (χ4v) is 3.69. The van der Waals surface area contributed by atoms with Crippen LogP contribution in [0.15, 0.2) is 40.9 Å². The zero-order chi connectivity index (χ0) is 20.3. The summed E-state index contributed by atoms with van der Waals surface area (Å²) in [5.41, 5.74) is 3.77. The Balaban J connectivity index is 1.58. The highest BCUT2D eigenvalue weighted by atomic mass is 79.9. The third-order valence-corrected chi connectivity index (χ3v) is 5.59. The van der Waals surface area contributed by atoms with Gasteiger partial charge in [0.25, 0.3) is 5.69 Å². The molecule has 1 heterocycles. The molecular formula is C20H23BrN4O3. The van der Waals surface area contributed by atoms with Crippen molar-refractivity contribution in [3.8, 4) is 0 Å². The fraction of sp³-hybridized carbons (Fsp3) is 0.350. The zero-order valence-corrected chi connectivity index (χ0v) is 17.5. The molecule has 148 valence electrons. The number of halogens is 1. The SMILES string of the molecule is Cc1cccc(NC(=O)CN2CCN(c3ccc(Br)cc3[N+](=O)[O-])CC2)c1C. The van der Waals surface area contributed by atoms with E-state index in [1.165, 1.54) is 6.07 Å². The number of nitro benzene ring substituents is 1. The first kappa shape index (κ1) is 20.3. The zero-order valence-electron chi connectivity index (χ0n) is 15.9. The molecule has 0 bridgehead atoms. The maximum atomic E-state index is 12.4. The minimum atomic E-state index is -0.357. The van der Waals surface area contributed by atoms with Crippen molar-refractivity contribution in [3.05, 3.63) is 62.1 Å². The van der Waals surface area contributed by atoms with Gasteiger partial charge in [0, 0.05) is 42.4 Å². The molecule has 0 spiro atoms. The fourth-order valence-electron chi connectivity index (χ4n) is 3.34. The number of nitro groups is 1. The van der Waals surface area contributed by atoms with Gasteiger partial charge in [0.1, 0.15) is 5.69 Å². The number of amides is 1. The summed E-state index contributed by atoms with van der Waals surface area (Å²) in [6, 6.07) is 11.0. The molecule has 1 saturated heterocycles. The number of carbonyl (C=O) groups is 1. The van der Waals surface area contributed by atoms with Crippen molar-refractivity contribution in [1.82, 2.24) is 4.90 Å². The van der Waals surface area contributed by atoms with Crippen molar-refractivity contribution in [2.75, 3.05) is 42.9 Å². The van der Waals surface area contributed by atoms with E-state index in [1.54, 1.807) is 6.07 Å². The normalized spacial score (nSPS) is 14.8. The first-order valence-electron chi connectivity index (χ1n) is 9.12. The van der Waals surface area contributed by atoms with Crippen LogP contribution in [0.4, 0.5) is 17.1 Å². The topological polar surface area (TPSA) is 78.7 Å². The van der Waals surface area contributed by atoms with E-state index >= 15 is 0 Å². The van der Waals surface area contributed by atoms with Gasteiger partial charge in [0.2, 0.25) is 5.91 Å². The van der Waals surface area contributed by atoms with Crippen LogP contribution in [-0.2, 0) is 4.79 Å². The van der Waals surface area contributed by atoms with Gasteiger partial charge in [-0.3, -0.25) is 19.8 Å². The van der Waals surface area contributed by atoms with Crippen LogP contribution >= 0.6 is 15.9 Å². The number of hydrogen-bond donors (Lipinski definition) is 1. The minimum absolute atomic E-state index is 0.0447. The average molecular weight is 447 g/mol. The third-order valence-electron chi connectivity index (χ3n) is 5.09. The van der Waals surface area contributed by atoms with Crippen molar-refractivity contribution in [2.45, 2.75) is 13.8 Å². The smallest absolute Gasteiger partial charge is 0.293 e. The third kappa shape index (κ3) is 4.69. The summed E-state index contributed by atoms with van der Waals surface area (Å²) >= 11 is 3.29. The molecule has 28 heavy (non-hydrogen) atoms. The van der Waals surface area contributed by atoms with Crippen LogP contribution in [0.25, 0.3) is 0 Å². The van der Waals surface area contributed by atoms with E-state index in [9.17, 15) is 14.9 Å². The molecule has 1 aliphatic rings. The maximum absolute atomic E-state index is 12.4. The van der Waals surface area contributed by atoms with Crippen LogP contribution in [0.2, 0.25) is 0 Å². The molecule has 0 saturated carbocycles. The van der Waals surface area contributed by atoms with Gasteiger partial charge in [0.15, 0.2) is 0 Å². The molecule has 2 aromatic rings. The Kier molecular flexibility index (Phi) is 6.31. The molecule has 0 aromatic heterocycles. The number of nitrogens with one attached hydrogen (secondary N) is 1. The van der Waals surface area contributed by atoms with E-state index in [0.717, 1.165) is 16.8 Å². The van der Waals surface area contributed by atoms with Crippen molar-refractivity contribution >= 4 is 38.9 Å². The maximum Gasteiger partial charge on any atom is 0.293 e. The number of hydrogen-bond acceptors (Lipinski definition) is 5. The molecule has 1 fully saturated rings. The van der Waals surface area contributed by atoms with Crippen molar-refractivity contribution < 1.29 is 9.72 Å². The Labute approximate surface area is 172 Å². The van der Waals surface area contributed by atoms with Crippen molar-refractivity contribution in [2.24, 2.45) is 0 Å². The lowest BCUT2D eigenvalue weighted by Crippen LogP contribution is -2.48. The van der Waals surface area contributed by atoms with E-state index in [-0.39, 0.29) is 16.5 Å². The van der Waals surface area contributed by atoms with Gasteiger partial charge < -0.3 is 10.2 Å². The standard InChI is InChI=1S/C20H23BrN4O3/c1-14-4-3-5-17(15(14)2)22-20(26)13-23-8-10-24(11-9-23)18-7-6-16(21)12-19(18)25(27)28/h3-7,12H,8-11,13H2,1-2H3,(H,22,26).